The van der Waals surface area contributed by atoms with Gasteiger partial charge in [0.1, 0.15) is 0 Å². The van der Waals surface area contributed by atoms with Crippen molar-refractivity contribution in [3.8, 4) is 0 Å². The topological polar surface area (TPSA) is 20.2 Å². The summed E-state index contributed by atoms with van der Waals surface area (Å²) < 4.78 is 0. The zero-order valence-corrected chi connectivity index (χ0v) is 5.71. The second-order valence-corrected chi connectivity index (χ2v) is 3.52. The van der Waals surface area contributed by atoms with E-state index >= 15 is 0 Å². The predicted molar refractivity (Wildman–Crippen MR) is 36.0 cm³/mol. The zero-order valence-electron chi connectivity index (χ0n) is 5.71. The lowest BCUT2D eigenvalue weighted by Gasteiger charge is -2.33. The first-order valence-corrected chi connectivity index (χ1v) is 4.02. The molecule has 2 fully saturated rings. The molecule has 52 valence electrons. The van der Waals surface area contributed by atoms with Gasteiger partial charge in [0.15, 0.2) is 0 Å². The van der Waals surface area contributed by atoms with Crippen LogP contribution >= 0.6 is 0 Å². The monoisotopic (exact) mass is 126 g/mol. The molecule has 0 amide bonds. The Hall–Kier alpha value is -0.0400. The summed E-state index contributed by atoms with van der Waals surface area (Å²) in [7, 11) is 0. The van der Waals surface area contributed by atoms with Crippen molar-refractivity contribution in [1.82, 2.24) is 0 Å². The van der Waals surface area contributed by atoms with Crippen LogP contribution in [0.1, 0.15) is 25.7 Å². The van der Waals surface area contributed by atoms with Crippen LogP contribution in [0.25, 0.3) is 0 Å². The van der Waals surface area contributed by atoms with Gasteiger partial charge < -0.3 is 5.11 Å². The van der Waals surface area contributed by atoms with Crippen molar-refractivity contribution < 1.29 is 5.11 Å². The summed E-state index contributed by atoms with van der Waals surface area (Å²) in [6.07, 6.45) is 5.54. The highest BCUT2D eigenvalue weighted by Crippen LogP contribution is 2.49. The molecule has 0 radical (unpaired) electrons. The van der Waals surface area contributed by atoms with E-state index in [1.807, 2.05) is 0 Å². The summed E-state index contributed by atoms with van der Waals surface area (Å²) in [4.78, 5) is 0. The summed E-state index contributed by atoms with van der Waals surface area (Å²) in [5.74, 6) is 2.63. The number of aliphatic hydroxyl groups excluding tert-OH is 1. The van der Waals surface area contributed by atoms with Crippen molar-refractivity contribution in [2.75, 3.05) is 6.61 Å². The fraction of sp³-hybridized carbons (Fsp3) is 1.00. The Morgan fingerprint density at radius 2 is 1.89 bits per heavy atom. The number of hydrogen-bond acceptors (Lipinski definition) is 1. The first-order chi connectivity index (χ1) is 4.42. The van der Waals surface area contributed by atoms with Crippen LogP contribution in [-0.4, -0.2) is 11.7 Å². The van der Waals surface area contributed by atoms with Crippen LogP contribution in [0.2, 0.25) is 0 Å². The molecule has 1 nitrogen and oxygen atoms in total. The van der Waals surface area contributed by atoms with Gasteiger partial charge in [-0.25, -0.2) is 0 Å². The van der Waals surface area contributed by atoms with Crippen molar-refractivity contribution in [1.29, 1.82) is 0 Å². The SMILES string of the molecule is OCC1CC[C@@H]2CC[C@H]12. The predicted octanol–water partition coefficient (Wildman–Crippen LogP) is 1.41. The maximum absolute atomic E-state index is 8.89. The van der Waals surface area contributed by atoms with Gasteiger partial charge in [-0.1, -0.05) is 0 Å². The van der Waals surface area contributed by atoms with Crippen molar-refractivity contribution in [3.63, 3.8) is 0 Å². The molecule has 2 rings (SSSR count). The molecule has 9 heavy (non-hydrogen) atoms. The second-order valence-electron chi connectivity index (χ2n) is 3.52. The Bertz CT molecular complexity index is 109. The van der Waals surface area contributed by atoms with Crippen LogP contribution in [0.5, 0.6) is 0 Å². The molecule has 2 saturated carbocycles. The molecule has 1 unspecified atom stereocenters. The van der Waals surface area contributed by atoms with E-state index in [1.54, 1.807) is 0 Å². The fourth-order valence-corrected chi connectivity index (χ4v) is 2.44. The number of aliphatic hydroxyl groups is 1. The Kier molecular flexibility index (Phi) is 1.26. The van der Waals surface area contributed by atoms with Crippen LogP contribution < -0.4 is 0 Å². The Morgan fingerprint density at radius 3 is 2.22 bits per heavy atom. The highest BCUT2D eigenvalue weighted by atomic mass is 16.3. The molecule has 1 N–H and O–H groups in total. The van der Waals surface area contributed by atoms with E-state index in [4.69, 9.17) is 5.11 Å². The standard InChI is InChI=1S/C8H14O/c9-5-7-2-1-6-3-4-8(6)7/h6-9H,1-5H2/t6-,7?,8+/m1/s1. The first kappa shape index (κ1) is 5.72. The van der Waals surface area contributed by atoms with E-state index in [0.29, 0.717) is 12.5 Å². The fourth-order valence-electron chi connectivity index (χ4n) is 2.44. The van der Waals surface area contributed by atoms with Gasteiger partial charge in [0.05, 0.1) is 0 Å². The maximum Gasteiger partial charge on any atom is 0.0462 e. The van der Waals surface area contributed by atoms with Crippen molar-refractivity contribution in [2.45, 2.75) is 25.7 Å². The van der Waals surface area contributed by atoms with E-state index in [1.165, 1.54) is 25.7 Å². The number of fused-ring (bicyclic) bond motifs is 1. The summed E-state index contributed by atoms with van der Waals surface area (Å²) >= 11 is 0. The molecule has 0 bridgehead atoms. The molecule has 0 spiro atoms. The molecule has 0 aliphatic heterocycles. The Morgan fingerprint density at radius 1 is 1.11 bits per heavy atom. The summed E-state index contributed by atoms with van der Waals surface area (Å²) in [6, 6.07) is 0. The van der Waals surface area contributed by atoms with E-state index in [9.17, 15) is 0 Å². The Balaban J connectivity index is 1.97. The third kappa shape index (κ3) is 0.710. The summed E-state index contributed by atoms with van der Waals surface area (Å²) in [6.45, 7) is 0.446. The molecule has 0 aromatic carbocycles. The second kappa shape index (κ2) is 1.98. The van der Waals surface area contributed by atoms with Gasteiger partial charge in [0, 0.05) is 6.61 Å². The van der Waals surface area contributed by atoms with Crippen LogP contribution in [0.3, 0.4) is 0 Å². The molecule has 0 aromatic heterocycles. The average Bonchev–Trinajstić information content (AvgIpc) is 2.07. The molecular formula is C8H14O. The van der Waals surface area contributed by atoms with Crippen molar-refractivity contribution >= 4 is 0 Å². The third-order valence-corrected chi connectivity index (χ3v) is 3.22. The molecule has 0 aromatic rings. The lowest BCUT2D eigenvalue weighted by atomic mass is 9.73. The number of hydrogen-bond donors (Lipinski definition) is 1. The first-order valence-electron chi connectivity index (χ1n) is 4.02. The largest absolute Gasteiger partial charge is 0.396 e. The minimum absolute atomic E-state index is 0.446. The van der Waals surface area contributed by atoms with Gasteiger partial charge in [0.2, 0.25) is 0 Å². The average molecular weight is 126 g/mol. The minimum atomic E-state index is 0.446. The lowest BCUT2D eigenvalue weighted by Crippen LogP contribution is -2.26. The number of rotatable bonds is 1. The van der Waals surface area contributed by atoms with Crippen molar-refractivity contribution in [3.05, 3.63) is 0 Å². The van der Waals surface area contributed by atoms with Crippen LogP contribution in [0, 0.1) is 17.8 Å². The molecule has 0 heterocycles. The van der Waals surface area contributed by atoms with Gasteiger partial charge in [-0.05, 0) is 43.4 Å². The van der Waals surface area contributed by atoms with Crippen LogP contribution in [-0.2, 0) is 0 Å². The van der Waals surface area contributed by atoms with Gasteiger partial charge in [-0.15, -0.1) is 0 Å². The lowest BCUT2D eigenvalue weighted by molar-refractivity contribution is 0.119. The quantitative estimate of drug-likeness (QED) is 0.563. The minimum Gasteiger partial charge on any atom is -0.396 e. The Labute approximate surface area is 56.1 Å². The highest BCUT2D eigenvalue weighted by molar-refractivity contribution is 4.91. The molecule has 3 atom stereocenters. The normalized spacial score (nSPS) is 48.3. The smallest absolute Gasteiger partial charge is 0.0462 e. The van der Waals surface area contributed by atoms with Crippen molar-refractivity contribution in [2.24, 2.45) is 17.8 Å². The highest BCUT2D eigenvalue weighted by Gasteiger charge is 2.41. The summed E-state index contributed by atoms with van der Waals surface area (Å²) in [5.41, 5.74) is 0. The van der Waals surface area contributed by atoms with Gasteiger partial charge in [-0.2, -0.15) is 0 Å². The van der Waals surface area contributed by atoms with Crippen LogP contribution in [0.15, 0.2) is 0 Å². The molecule has 0 saturated heterocycles. The zero-order chi connectivity index (χ0) is 6.27. The van der Waals surface area contributed by atoms with Gasteiger partial charge >= 0.3 is 0 Å². The maximum atomic E-state index is 8.89. The van der Waals surface area contributed by atoms with E-state index in [0.717, 1.165) is 11.8 Å². The van der Waals surface area contributed by atoms with E-state index < -0.39 is 0 Å². The molecule has 1 heteroatoms. The summed E-state index contributed by atoms with van der Waals surface area (Å²) in [5, 5.41) is 8.89. The molecule has 2 aliphatic carbocycles. The third-order valence-electron chi connectivity index (χ3n) is 3.22. The molecule has 2 aliphatic rings. The molecular weight excluding hydrogens is 112 g/mol. The van der Waals surface area contributed by atoms with E-state index in [-0.39, 0.29) is 0 Å². The van der Waals surface area contributed by atoms with Gasteiger partial charge in [-0.3, -0.25) is 0 Å². The van der Waals surface area contributed by atoms with Crippen LogP contribution in [0.4, 0.5) is 0 Å². The van der Waals surface area contributed by atoms with Gasteiger partial charge in [0.25, 0.3) is 0 Å². The van der Waals surface area contributed by atoms with E-state index in [2.05, 4.69) is 0 Å².